The Morgan fingerprint density at radius 3 is 3.00 bits per heavy atom. The van der Waals surface area contributed by atoms with Crippen LogP contribution in [0, 0.1) is 0 Å². The number of hydrogen-bond acceptors (Lipinski definition) is 1. The zero-order valence-electron chi connectivity index (χ0n) is 7.59. The molecule has 0 aromatic carbocycles. The molecule has 0 aliphatic rings. The number of nitrogens with one attached hydrogen (secondary N) is 1. The van der Waals surface area contributed by atoms with Crippen molar-refractivity contribution in [1.29, 1.82) is 0 Å². The van der Waals surface area contributed by atoms with Gasteiger partial charge in [-0.25, -0.2) is 0 Å². The molecule has 3 nitrogen and oxygen atoms in total. The number of carbonyl (C=O) groups excluding carboxylic acids is 1. The second-order valence-electron chi connectivity index (χ2n) is 2.88. The molecule has 72 valence electrons. The smallest absolute Gasteiger partial charge is 0.223 e. The van der Waals surface area contributed by atoms with Crippen LogP contribution in [-0.2, 0) is 11.3 Å². The first-order valence-corrected chi connectivity index (χ1v) is 4.69. The van der Waals surface area contributed by atoms with Gasteiger partial charge < -0.3 is 9.88 Å². The van der Waals surface area contributed by atoms with Crippen molar-refractivity contribution >= 4 is 17.5 Å². The Morgan fingerprint density at radius 2 is 2.46 bits per heavy atom. The molecule has 0 radical (unpaired) electrons. The Kier molecular flexibility index (Phi) is 3.83. The summed E-state index contributed by atoms with van der Waals surface area (Å²) in [6, 6.07) is 3.86. The summed E-state index contributed by atoms with van der Waals surface area (Å²) in [5.41, 5.74) is 1.03. The lowest BCUT2D eigenvalue weighted by Crippen LogP contribution is -2.26. The summed E-state index contributed by atoms with van der Waals surface area (Å²) in [6.07, 6.45) is 2.24. The van der Waals surface area contributed by atoms with Gasteiger partial charge in [-0.15, -0.1) is 11.6 Å². The molecule has 1 aromatic heterocycles. The molecule has 0 aliphatic heterocycles. The third-order valence-corrected chi connectivity index (χ3v) is 1.99. The van der Waals surface area contributed by atoms with Gasteiger partial charge in [-0.2, -0.15) is 0 Å². The van der Waals surface area contributed by atoms with E-state index in [0.29, 0.717) is 18.8 Å². The highest BCUT2D eigenvalue weighted by atomic mass is 35.5. The first-order valence-electron chi connectivity index (χ1n) is 4.16. The third-order valence-electron chi connectivity index (χ3n) is 1.80. The first kappa shape index (κ1) is 10.1. The molecule has 1 heterocycles. The average Bonchev–Trinajstić information content (AvgIpc) is 2.57. The third kappa shape index (κ3) is 3.11. The minimum absolute atomic E-state index is 0.0737. The summed E-state index contributed by atoms with van der Waals surface area (Å²) in [6.45, 7) is 0.614. The maximum absolute atomic E-state index is 11.3. The fourth-order valence-corrected chi connectivity index (χ4v) is 1.24. The van der Waals surface area contributed by atoms with Crippen molar-refractivity contribution in [2.45, 2.75) is 13.0 Å². The Balaban J connectivity index is 2.41. The summed E-state index contributed by atoms with van der Waals surface area (Å²) in [7, 11) is 1.77. The predicted molar refractivity (Wildman–Crippen MR) is 52.6 cm³/mol. The molecule has 0 unspecified atom stereocenters. The zero-order chi connectivity index (χ0) is 9.68. The molecular formula is C9H13ClN2O. The van der Waals surface area contributed by atoms with Crippen LogP contribution in [0.5, 0.6) is 0 Å². The number of rotatable bonds is 4. The van der Waals surface area contributed by atoms with Crippen LogP contribution in [-0.4, -0.2) is 28.7 Å². The fourth-order valence-electron chi connectivity index (χ4n) is 1.08. The maximum Gasteiger partial charge on any atom is 0.223 e. The van der Waals surface area contributed by atoms with Crippen LogP contribution in [0.15, 0.2) is 18.3 Å². The van der Waals surface area contributed by atoms with Crippen molar-refractivity contribution in [3.63, 3.8) is 0 Å². The number of hydrogen-bond donors (Lipinski definition) is 1. The van der Waals surface area contributed by atoms with E-state index in [-0.39, 0.29) is 5.91 Å². The second-order valence-corrected chi connectivity index (χ2v) is 3.26. The van der Waals surface area contributed by atoms with E-state index in [4.69, 9.17) is 11.6 Å². The normalized spacial score (nSPS) is 10.0. The predicted octanol–water partition coefficient (Wildman–Crippen LogP) is 1.60. The van der Waals surface area contributed by atoms with Crippen molar-refractivity contribution in [3.05, 3.63) is 24.0 Å². The van der Waals surface area contributed by atoms with Gasteiger partial charge in [-0.1, -0.05) is 0 Å². The highest BCUT2D eigenvalue weighted by Gasteiger charge is 2.07. The average molecular weight is 201 g/mol. The minimum Gasteiger partial charge on any atom is -0.364 e. The van der Waals surface area contributed by atoms with E-state index in [1.165, 1.54) is 0 Å². The molecule has 1 N–H and O–H groups in total. The maximum atomic E-state index is 11.3. The first-order chi connectivity index (χ1) is 6.24. The standard InChI is InChI=1S/C9H13ClN2O/c1-12(9(13)4-5-10)7-8-3-2-6-11-8/h2-3,6,11H,4-5,7H2,1H3. The fraction of sp³-hybridized carbons (Fsp3) is 0.444. The monoisotopic (exact) mass is 200 g/mol. The van der Waals surface area contributed by atoms with Crippen molar-refractivity contribution < 1.29 is 4.79 Å². The van der Waals surface area contributed by atoms with Crippen molar-refractivity contribution in [2.24, 2.45) is 0 Å². The Labute approximate surface area is 82.7 Å². The summed E-state index contributed by atoms with van der Waals surface area (Å²) < 4.78 is 0. The van der Waals surface area contributed by atoms with Crippen LogP contribution in [0.4, 0.5) is 0 Å². The molecule has 0 saturated heterocycles. The molecule has 0 bridgehead atoms. The van der Waals surface area contributed by atoms with E-state index < -0.39 is 0 Å². The molecule has 0 aliphatic carbocycles. The van der Waals surface area contributed by atoms with Gasteiger partial charge in [0.2, 0.25) is 5.91 Å². The zero-order valence-corrected chi connectivity index (χ0v) is 8.34. The number of alkyl halides is 1. The summed E-state index contributed by atoms with van der Waals surface area (Å²) in [5.74, 6) is 0.457. The number of amides is 1. The second kappa shape index (κ2) is 4.92. The van der Waals surface area contributed by atoms with E-state index in [2.05, 4.69) is 4.98 Å². The van der Waals surface area contributed by atoms with Crippen molar-refractivity contribution in [2.75, 3.05) is 12.9 Å². The van der Waals surface area contributed by atoms with E-state index in [9.17, 15) is 4.79 Å². The molecule has 1 amide bonds. The highest BCUT2D eigenvalue weighted by Crippen LogP contribution is 2.01. The lowest BCUT2D eigenvalue weighted by Gasteiger charge is -2.15. The number of halogens is 1. The quantitative estimate of drug-likeness (QED) is 0.737. The largest absolute Gasteiger partial charge is 0.364 e. The number of nitrogens with zero attached hydrogens (tertiary/aromatic N) is 1. The van der Waals surface area contributed by atoms with Crippen LogP contribution in [0.2, 0.25) is 0 Å². The number of carbonyl (C=O) groups is 1. The number of H-pyrrole nitrogens is 1. The van der Waals surface area contributed by atoms with Crippen LogP contribution in [0.1, 0.15) is 12.1 Å². The lowest BCUT2D eigenvalue weighted by atomic mass is 10.3. The molecule has 1 rings (SSSR count). The van der Waals surface area contributed by atoms with Gasteiger partial charge in [0.15, 0.2) is 0 Å². The molecule has 13 heavy (non-hydrogen) atoms. The van der Waals surface area contributed by atoms with E-state index in [1.807, 2.05) is 18.3 Å². The molecule has 0 spiro atoms. The number of aromatic amines is 1. The van der Waals surface area contributed by atoms with Crippen LogP contribution < -0.4 is 0 Å². The number of aromatic nitrogens is 1. The Bertz CT molecular complexity index is 259. The summed E-state index contributed by atoms with van der Waals surface area (Å²) in [5, 5.41) is 0. The van der Waals surface area contributed by atoms with Crippen LogP contribution in [0.25, 0.3) is 0 Å². The highest BCUT2D eigenvalue weighted by molar-refractivity contribution is 6.18. The van der Waals surface area contributed by atoms with E-state index in [1.54, 1.807) is 11.9 Å². The van der Waals surface area contributed by atoms with Gasteiger partial charge in [0, 0.05) is 31.2 Å². The summed E-state index contributed by atoms with van der Waals surface area (Å²) in [4.78, 5) is 16.0. The van der Waals surface area contributed by atoms with Gasteiger partial charge in [0.25, 0.3) is 0 Å². The van der Waals surface area contributed by atoms with E-state index in [0.717, 1.165) is 5.69 Å². The molecular weight excluding hydrogens is 188 g/mol. The van der Waals surface area contributed by atoms with Gasteiger partial charge in [0.1, 0.15) is 0 Å². The topological polar surface area (TPSA) is 36.1 Å². The lowest BCUT2D eigenvalue weighted by molar-refractivity contribution is -0.130. The van der Waals surface area contributed by atoms with Crippen molar-refractivity contribution in [1.82, 2.24) is 9.88 Å². The molecule has 0 saturated carbocycles. The summed E-state index contributed by atoms with van der Waals surface area (Å²) >= 11 is 5.47. The Hall–Kier alpha value is -0.960. The Morgan fingerprint density at radius 1 is 1.69 bits per heavy atom. The van der Waals surface area contributed by atoms with Crippen molar-refractivity contribution in [3.8, 4) is 0 Å². The molecule has 4 heteroatoms. The van der Waals surface area contributed by atoms with Gasteiger partial charge in [-0.3, -0.25) is 4.79 Å². The van der Waals surface area contributed by atoms with Gasteiger partial charge in [0.05, 0.1) is 6.54 Å². The van der Waals surface area contributed by atoms with Crippen LogP contribution >= 0.6 is 11.6 Å². The molecule has 0 fully saturated rings. The molecule has 1 aromatic rings. The van der Waals surface area contributed by atoms with Gasteiger partial charge >= 0.3 is 0 Å². The van der Waals surface area contributed by atoms with E-state index >= 15 is 0 Å². The molecule has 0 atom stereocenters. The van der Waals surface area contributed by atoms with Crippen LogP contribution in [0.3, 0.4) is 0 Å². The SMILES string of the molecule is CN(Cc1ccc[nH]1)C(=O)CCCl. The minimum atomic E-state index is 0.0737. The van der Waals surface area contributed by atoms with Gasteiger partial charge in [-0.05, 0) is 12.1 Å².